The van der Waals surface area contributed by atoms with Crippen molar-refractivity contribution in [2.24, 2.45) is 0 Å². The lowest BCUT2D eigenvalue weighted by atomic mass is 9.87. The van der Waals surface area contributed by atoms with Gasteiger partial charge in [-0.1, -0.05) is 45.0 Å². The van der Waals surface area contributed by atoms with Crippen molar-refractivity contribution >= 4 is 31.8 Å². The minimum Gasteiger partial charge on any atom is -0.493 e. The van der Waals surface area contributed by atoms with Crippen molar-refractivity contribution in [1.29, 1.82) is 0 Å². The first kappa shape index (κ1) is 25.7. The van der Waals surface area contributed by atoms with Gasteiger partial charge in [0, 0.05) is 0 Å². The van der Waals surface area contributed by atoms with E-state index in [0.29, 0.717) is 11.5 Å². The fourth-order valence-corrected chi connectivity index (χ4v) is 4.28. The zero-order chi connectivity index (χ0) is 24.9. The summed E-state index contributed by atoms with van der Waals surface area (Å²) in [7, 11) is -2.56. The van der Waals surface area contributed by atoms with Gasteiger partial charge in [-0.3, -0.25) is 4.72 Å². The van der Waals surface area contributed by atoms with Crippen molar-refractivity contribution in [1.82, 2.24) is 9.97 Å². The fourth-order valence-electron chi connectivity index (χ4n) is 2.94. The number of aliphatic hydroxyl groups excluding tert-OH is 1. The second-order valence-electron chi connectivity index (χ2n) is 8.18. The molecular weight excluding hydrogens is 526 g/mol. The maximum Gasteiger partial charge on any atom is 0.264 e. The molecule has 9 nitrogen and oxygen atoms in total. The maximum atomic E-state index is 13.2. The molecule has 2 aromatic carbocycles. The highest BCUT2D eigenvalue weighted by Gasteiger charge is 2.25. The number of halogens is 1. The number of aliphatic hydroxyl groups is 1. The number of hydrogen-bond acceptors (Lipinski definition) is 8. The van der Waals surface area contributed by atoms with Crippen LogP contribution in [0.1, 0.15) is 26.3 Å². The first-order valence-electron chi connectivity index (χ1n) is 10.3. The molecule has 2 N–H and O–H groups in total. The summed E-state index contributed by atoms with van der Waals surface area (Å²) in [6.07, 6.45) is 0. The van der Waals surface area contributed by atoms with Gasteiger partial charge in [-0.05, 0) is 51.2 Å². The lowest BCUT2D eigenvalue weighted by Gasteiger charge is -2.19. The number of anilines is 1. The van der Waals surface area contributed by atoms with E-state index in [1.54, 1.807) is 36.4 Å². The summed E-state index contributed by atoms with van der Waals surface area (Å²) >= 11 is 3.17. The Balaban J connectivity index is 2.05. The van der Waals surface area contributed by atoms with Gasteiger partial charge in [-0.25, -0.2) is 8.42 Å². The van der Waals surface area contributed by atoms with Crippen LogP contribution in [0.4, 0.5) is 5.82 Å². The van der Waals surface area contributed by atoms with Crippen molar-refractivity contribution in [2.75, 3.05) is 25.0 Å². The van der Waals surface area contributed by atoms with Gasteiger partial charge in [0.05, 0.1) is 18.6 Å². The number of sulfonamides is 1. The van der Waals surface area contributed by atoms with Crippen LogP contribution in [0.25, 0.3) is 0 Å². The van der Waals surface area contributed by atoms with E-state index >= 15 is 0 Å². The largest absolute Gasteiger partial charge is 0.493 e. The molecule has 1 aromatic heterocycles. The van der Waals surface area contributed by atoms with Gasteiger partial charge in [0.15, 0.2) is 17.3 Å². The van der Waals surface area contributed by atoms with Crippen LogP contribution in [0.3, 0.4) is 0 Å². The first-order chi connectivity index (χ1) is 16.0. The lowest BCUT2D eigenvalue weighted by Crippen LogP contribution is -2.17. The molecule has 0 saturated carbocycles. The number of methoxy groups -OCH3 is 1. The number of nitrogens with zero attached hydrogens (tertiary/aromatic N) is 2. The standard InChI is InChI=1S/C23H26BrN3O6S/c1-23(2,3)15-9-11-16(12-10-15)34(29,30)27-20-19(21(32-14-13-28)26-22(24)25-20)33-18-8-6-5-7-17(18)31-4/h5-12,28H,13-14H2,1-4H3,(H,25,26,27). The number of benzene rings is 2. The van der Waals surface area contributed by atoms with Gasteiger partial charge < -0.3 is 19.3 Å². The molecule has 0 aliphatic heterocycles. The van der Waals surface area contributed by atoms with Crippen LogP contribution >= 0.6 is 15.9 Å². The number of rotatable bonds is 9. The molecule has 0 radical (unpaired) electrons. The molecule has 182 valence electrons. The normalized spacial score (nSPS) is 11.7. The average Bonchev–Trinajstić information content (AvgIpc) is 2.79. The molecule has 0 amide bonds. The number of hydrogen-bond donors (Lipinski definition) is 2. The Hall–Kier alpha value is -2.89. The Labute approximate surface area is 207 Å². The zero-order valence-electron chi connectivity index (χ0n) is 19.2. The van der Waals surface area contributed by atoms with E-state index in [0.717, 1.165) is 5.56 Å². The van der Waals surface area contributed by atoms with Crippen LogP contribution in [0.2, 0.25) is 0 Å². The smallest absolute Gasteiger partial charge is 0.264 e. The molecule has 0 bridgehead atoms. The highest BCUT2D eigenvalue weighted by atomic mass is 79.9. The number of aromatic nitrogens is 2. The Morgan fingerprint density at radius 3 is 2.26 bits per heavy atom. The molecular formula is C23H26BrN3O6S. The summed E-state index contributed by atoms with van der Waals surface area (Å²) < 4.78 is 45.6. The highest BCUT2D eigenvalue weighted by molar-refractivity contribution is 9.10. The second-order valence-corrected chi connectivity index (χ2v) is 10.6. The second kappa shape index (κ2) is 10.6. The summed E-state index contributed by atoms with van der Waals surface area (Å²) in [5.41, 5.74) is 0.873. The molecule has 11 heteroatoms. The third kappa shape index (κ3) is 6.16. The van der Waals surface area contributed by atoms with Crippen molar-refractivity contribution in [2.45, 2.75) is 31.1 Å². The van der Waals surface area contributed by atoms with Crippen LogP contribution in [0.5, 0.6) is 23.1 Å². The molecule has 0 spiro atoms. The molecule has 0 saturated heterocycles. The third-order valence-electron chi connectivity index (χ3n) is 4.68. The van der Waals surface area contributed by atoms with Gasteiger partial charge in [0.2, 0.25) is 10.5 Å². The quantitative estimate of drug-likeness (QED) is 0.372. The SMILES string of the molecule is COc1ccccc1Oc1c(NS(=O)(=O)c2ccc(C(C)(C)C)cc2)nc(Br)nc1OCCO. The Morgan fingerprint density at radius 1 is 1.03 bits per heavy atom. The van der Waals surface area contributed by atoms with E-state index in [2.05, 4.69) is 30.6 Å². The van der Waals surface area contributed by atoms with E-state index in [9.17, 15) is 13.5 Å². The average molecular weight is 552 g/mol. The number of nitrogens with one attached hydrogen (secondary N) is 1. The maximum absolute atomic E-state index is 13.2. The summed E-state index contributed by atoms with van der Waals surface area (Å²) in [6.45, 7) is 5.76. The number of para-hydroxylation sites is 2. The van der Waals surface area contributed by atoms with E-state index in [1.165, 1.54) is 19.2 Å². The van der Waals surface area contributed by atoms with Crippen molar-refractivity contribution in [3.8, 4) is 23.1 Å². The molecule has 0 aliphatic carbocycles. The Morgan fingerprint density at radius 2 is 1.68 bits per heavy atom. The molecule has 3 rings (SSSR count). The molecule has 0 unspecified atom stereocenters. The van der Waals surface area contributed by atoms with Gasteiger partial charge in [-0.2, -0.15) is 9.97 Å². The summed E-state index contributed by atoms with van der Waals surface area (Å²) in [5.74, 6) is 0.393. The summed E-state index contributed by atoms with van der Waals surface area (Å²) in [5, 5.41) is 9.19. The van der Waals surface area contributed by atoms with Crippen LogP contribution in [0.15, 0.2) is 58.2 Å². The molecule has 34 heavy (non-hydrogen) atoms. The minimum atomic E-state index is -4.04. The third-order valence-corrected chi connectivity index (χ3v) is 6.39. The minimum absolute atomic E-state index is 0.0521. The summed E-state index contributed by atoms with van der Waals surface area (Å²) in [6, 6.07) is 13.4. The Kier molecular flexibility index (Phi) is 8.01. The van der Waals surface area contributed by atoms with Crippen molar-refractivity contribution in [3.63, 3.8) is 0 Å². The van der Waals surface area contributed by atoms with Crippen molar-refractivity contribution in [3.05, 3.63) is 58.8 Å². The van der Waals surface area contributed by atoms with E-state index in [-0.39, 0.29) is 45.7 Å². The van der Waals surface area contributed by atoms with Crippen LogP contribution in [-0.2, 0) is 15.4 Å². The molecule has 0 fully saturated rings. The Bertz CT molecular complexity index is 1240. The monoisotopic (exact) mass is 551 g/mol. The van der Waals surface area contributed by atoms with Crippen molar-refractivity contribution < 1.29 is 27.7 Å². The van der Waals surface area contributed by atoms with Crippen LogP contribution in [-0.4, -0.2) is 43.8 Å². The number of ether oxygens (including phenoxy) is 3. The topological polar surface area (TPSA) is 120 Å². The summed E-state index contributed by atoms with van der Waals surface area (Å²) in [4.78, 5) is 8.36. The first-order valence-corrected chi connectivity index (χ1v) is 12.6. The van der Waals surface area contributed by atoms with Gasteiger partial charge in [-0.15, -0.1) is 0 Å². The highest BCUT2D eigenvalue weighted by Crippen LogP contribution is 2.41. The fraction of sp³-hybridized carbons (Fsp3) is 0.304. The molecule has 0 aliphatic rings. The molecule has 3 aromatic rings. The van der Waals surface area contributed by atoms with E-state index < -0.39 is 10.0 Å². The molecule has 0 atom stereocenters. The van der Waals surface area contributed by atoms with E-state index in [1.807, 2.05) is 20.8 Å². The van der Waals surface area contributed by atoms with Gasteiger partial charge >= 0.3 is 0 Å². The van der Waals surface area contributed by atoms with Gasteiger partial charge in [0.1, 0.15) is 6.61 Å². The molecule has 1 heterocycles. The predicted octanol–water partition coefficient (Wildman–Crippen LogP) is 4.51. The lowest BCUT2D eigenvalue weighted by molar-refractivity contribution is 0.192. The van der Waals surface area contributed by atoms with E-state index in [4.69, 9.17) is 14.2 Å². The van der Waals surface area contributed by atoms with Gasteiger partial charge in [0.25, 0.3) is 15.9 Å². The zero-order valence-corrected chi connectivity index (χ0v) is 21.6. The van der Waals surface area contributed by atoms with Crippen LogP contribution in [0, 0.1) is 0 Å². The van der Waals surface area contributed by atoms with Crippen LogP contribution < -0.4 is 18.9 Å². The predicted molar refractivity (Wildman–Crippen MR) is 131 cm³/mol.